The first kappa shape index (κ1) is 30.6. The van der Waals surface area contributed by atoms with Crippen molar-refractivity contribution >= 4 is 24.7 Å². The van der Waals surface area contributed by atoms with Crippen molar-refractivity contribution in [2.75, 3.05) is 26.4 Å². The van der Waals surface area contributed by atoms with E-state index in [9.17, 15) is 0 Å². The zero-order valence-electron chi connectivity index (χ0n) is 20.8. The SMILES string of the molecule is C[Si](C)(C)OCCOC1=CC[C]2=C1[Si](C)(C)C1=[C](CC=C1OCCO[Si](C)(C)C)[Zr+2]2.[Cl-].[Cl-]. The van der Waals surface area contributed by atoms with Crippen molar-refractivity contribution < 1.29 is 66.4 Å². The molecule has 2 aliphatic carbocycles. The van der Waals surface area contributed by atoms with Crippen LogP contribution < -0.4 is 24.8 Å². The topological polar surface area (TPSA) is 36.9 Å². The Balaban J connectivity index is 0.00000256. The Labute approximate surface area is 221 Å². The third-order valence-corrected chi connectivity index (χ3v) is 16.1. The fourth-order valence-electron chi connectivity index (χ4n) is 4.26. The quantitative estimate of drug-likeness (QED) is 0.251. The Bertz CT molecular complexity index is 745. The molecule has 0 bridgehead atoms. The summed E-state index contributed by atoms with van der Waals surface area (Å²) in [5.74, 6) is 2.31. The third kappa shape index (κ3) is 7.80. The minimum Gasteiger partial charge on any atom is -1.00 e. The predicted octanol–water partition coefficient (Wildman–Crippen LogP) is -0.303. The van der Waals surface area contributed by atoms with E-state index in [1.165, 1.54) is 0 Å². The molecule has 32 heavy (non-hydrogen) atoms. The van der Waals surface area contributed by atoms with Gasteiger partial charge >= 0.3 is 199 Å². The minimum atomic E-state index is -1.82. The largest absolute Gasteiger partial charge is 1.00 e. The van der Waals surface area contributed by atoms with Crippen LogP contribution in [0.2, 0.25) is 52.4 Å². The van der Waals surface area contributed by atoms with Gasteiger partial charge in [-0.05, 0) is 0 Å². The Morgan fingerprint density at radius 3 is 1.44 bits per heavy atom. The van der Waals surface area contributed by atoms with Crippen LogP contribution in [0.15, 0.2) is 40.6 Å². The smallest absolute Gasteiger partial charge is 1.00 e. The van der Waals surface area contributed by atoms with Crippen molar-refractivity contribution in [1.82, 2.24) is 0 Å². The molecule has 0 atom stereocenters. The molecule has 1 heterocycles. The molecule has 0 aromatic carbocycles. The van der Waals surface area contributed by atoms with Crippen molar-refractivity contribution in [2.24, 2.45) is 0 Å². The van der Waals surface area contributed by atoms with E-state index in [-0.39, 0.29) is 24.8 Å². The van der Waals surface area contributed by atoms with E-state index in [1.807, 2.05) is 0 Å². The van der Waals surface area contributed by atoms with E-state index in [2.05, 4.69) is 64.5 Å². The average molecular weight is 613 g/mol. The molecule has 0 amide bonds. The molecular weight excluding hydrogens is 575 g/mol. The zero-order valence-corrected chi connectivity index (χ0v) is 27.8. The van der Waals surface area contributed by atoms with E-state index >= 15 is 0 Å². The first-order chi connectivity index (χ1) is 13.9. The molecule has 10 heteroatoms. The fraction of sp³-hybridized carbons (Fsp3) is 0.636. The van der Waals surface area contributed by atoms with Gasteiger partial charge in [-0.25, -0.2) is 0 Å². The van der Waals surface area contributed by atoms with Crippen LogP contribution in [0.25, 0.3) is 0 Å². The van der Waals surface area contributed by atoms with Gasteiger partial charge in [0.15, 0.2) is 0 Å². The average Bonchev–Trinajstić information content (AvgIpc) is 3.19. The van der Waals surface area contributed by atoms with Gasteiger partial charge in [-0.3, -0.25) is 0 Å². The molecule has 0 unspecified atom stereocenters. The van der Waals surface area contributed by atoms with Gasteiger partial charge in [0.25, 0.3) is 0 Å². The van der Waals surface area contributed by atoms with Gasteiger partial charge in [0.2, 0.25) is 0 Å². The number of hydrogen-bond acceptors (Lipinski definition) is 4. The van der Waals surface area contributed by atoms with Crippen LogP contribution in [0.5, 0.6) is 0 Å². The summed E-state index contributed by atoms with van der Waals surface area (Å²) in [6.45, 7) is 21.0. The maximum Gasteiger partial charge on any atom is -1.00 e. The van der Waals surface area contributed by atoms with Crippen LogP contribution in [-0.2, 0) is 41.6 Å². The first-order valence-corrected chi connectivity index (χ1v) is 23.3. The second-order valence-electron chi connectivity index (χ2n) is 10.6. The van der Waals surface area contributed by atoms with Gasteiger partial charge in [-0.1, -0.05) is 0 Å². The van der Waals surface area contributed by atoms with E-state index in [1.54, 1.807) is 17.0 Å². The van der Waals surface area contributed by atoms with E-state index < -0.39 is 47.9 Å². The Morgan fingerprint density at radius 1 is 0.719 bits per heavy atom. The fourth-order valence-corrected chi connectivity index (χ4v) is 17.7. The Kier molecular flexibility index (Phi) is 11.5. The van der Waals surface area contributed by atoms with Crippen LogP contribution in [0.4, 0.5) is 0 Å². The van der Waals surface area contributed by atoms with Gasteiger partial charge in [0.05, 0.1) is 0 Å². The molecule has 0 fully saturated rings. The summed E-state index contributed by atoms with van der Waals surface area (Å²) < 4.78 is 28.0. The standard InChI is InChI=1S/C22H38O4Si3.2ClH.Zr/c1-27(2,3)25-17-15-23-19-11-9-13-21(19)29(7,8)22-14-10-12-20(22)24-16-18-26-28(4,5)6;;;/h11-12H,9-10,15-18H2,1-8H3;2*1H;/q;;;+2/p-2. The van der Waals surface area contributed by atoms with Crippen LogP contribution in [-0.4, -0.2) is 51.1 Å². The van der Waals surface area contributed by atoms with E-state index in [0.29, 0.717) is 26.4 Å². The number of allylic oxidation sites excluding steroid dienone is 6. The Morgan fingerprint density at radius 2 is 1.09 bits per heavy atom. The van der Waals surface area contributed by atoms with Crippen LogP contribution in [0, 0.1) is 0 Å². The second-order valence-corrected chi connectivity index (χ2v) is 27.5. The van der Waals surface area contributed by atoms with Gasteiger partial charge in [-0.2, -0.15) is 0 Å². The number of rotatable bonds is 10. The predicted molar refractivity (Wildman–Crippen MR) is 127 cm³/mol. The molecule has 0 radical (unpaired) electrons. The molecule has 0 aromatic heterocycles. The van der Waals surface area contributed by atoms with Crippen molar-refractivity contribution in [3.8, 4) is 0 Å². The van der Waals surface area contributed by atoms with Crippen LogP contribution in [0.3, 0.4) is 0 Å². The normalized spacial score (nSPS) is 19.0. The molecule has 3 aliphatic rings. The molecule has 0 N–H and O–H groups in total. The second kappa shape index (κ2) is 12.0. The van der Waals surface area contributed by atoms with Crippen molar-refractivity contribution in [2.45, 2.75) is 65.2 Å². The Hall–Kier alpha value is 0.594. The maximum atomic E-state index is 6.29. The summed E-state index contributed by atoms with van der Waals surface area (Å²) in [5.41, 5.74) is 0. The molecule has 180 valence electrons. The number of halogens is 2. The monoisotopic (exact) mass is 610 g/mol. The summed E-state index contributed by atoms with van der Waals surface area (Å²) in [6.07, 6.45) is 6.89. The van der Waals surface area contributed by atoms with Crippen LogP contribution >= 0.6 is 0 Å². The number of ether oxygens (including phenoxy) is 2. The maximum absolute atomic E-state index is 6.29. The number of hydrogen-bond donors (Lipinski definition) is 0. The summed E-state index contributed by atoms with van der Waals surface area (Å²) >= 11 is -0.714. The van der Waals surface area contributed by atoms with Gasteiger partial charge < -0.3 is 24.8 Å². The molecule has 0 saturated heterocycles. The minimum absolute atomic E-state index is 0. The van der Waals surface area contributed by atoms with Crippen LogP contribution in [0.1, 0.15) is 12.8 Å². The summed E-state index contributed by atoms with van der Waals surface area (Å²) in [7, 11) is -4.79. The van der Waals surface area contributed by atoms with Gasteiger partial charge in [0, 0.05) is 0 Å². The zero-order chi connectivity index (χ0) is 22.2. The molecule has 4 nitrogen and oxygen atoms in total. The van der Waals surface area contributed by atoms with Crippen molar-refractivity contribution in [3.05, 3.63) is 40.6 Å². The van der Waals surface area contributed by atoms with Crippen molar-refractivity contribution in [3.63, 3.8) is 0 Å². The van der Waals surface area contributed by atoms with E-state index in [4.69, 9.17) is 18.3 Å². The summed E-state index contributed by atoms with van der Waals surface area (Å²) in [4.78, 5) is 0. The third-order valence-electron chi connectivity index (χ3n) is 5.38. The molecular formula is C22H38Cl2O4Si3Zr. The van der Waals surface area contributed by atoms with E-state index in [0.717, 1.165) is 24.4 Å². The molecule has 3 rings (SSSR count). The molecule has 1 aliphatic heterocycles. The van der Waals surface area contributed by atoms with Gasteiger partial charge in [-0.15, -0.1) is 0 Å². The molecule has 0 aromatic rings. The molecule has 0 spiro atoms. The first-order valence-electron chi connectivity index (χ1n) is 11.1. The molecule has 0 saturated carbocycles. The summed E-state index contributed by atoms with van der Waals surface area (Å²) in [6, 6.07) is 0. The van der Waals surface area contributed by atoms with Crippen molar-refractivity contribution in [1.29, 1.82) is 0 Å². The summed E-state index contributed by atoms with van der Waals surface area (Å²) in [5, 5.41) is 3.16. The van der Waals surface area contributed by atoms with Gasteiger partial charge in [0.1, 0.15) is 0 Å².